The summed E-state index contributed by atoms with van der Waals surface area (Å²) in [6, 6.07) is 12.6. The van der Waals surface area contributed by atoms with Crippen molar-refractivity contribution in [2.45, 2.75) is 6.29 Å². The van der Waals surface area contributed by atoms with E-state index in [4.69, 9.17) is 22.1 Å². The average molecular weight is 391 g/mol. The lowest BCUT2D eigenvalue weighted by atomic mass is 10.2. The number of hydrogen-bond acceptors (Lipinski definition) is 4. The topological polar surface area (TPSA) is 66.0 Å². The van der Waals surface area contributed by atoms with Gasteiger partial charge in [0.1, 0.15) is 5.82 Å². The Kier molecular flexibility index (Phi) is 6.48. The maximum Gasteiger partial charge on any atom is 0.586 e. The Hall–Kier alpha value is -3.42. The zero-order valence-corrected chi connectivity index (χ0v) is 14.3. The molecule has 8 heteroatoms. The van der Waals surface area contributed by atoms with Crippen molar-refractivity contribution in [2.24, 2.45) is 0 Å². The van der Waals surface area contributed by atoms with Gasteiger partial charge in [-0.15, -0.1) is 8.78 Å². The van der Waals surface area contributed by atoms with Gasteiger partial charge in [-0.1, -0.05) is 35.9 Å². The lowest BCUT2D eigenvalue weighted by Gasteiger charge is -2.05. The Labute approximate surface area is 157 Å². The smallest absolute Gasteiger partial charge is 0.395 e. The van der Waals surface area contributed by atoms with Gasteiger partial charge in [-0.25, -0.2) is 4.39 Å². The largest absolute Gasteiger partial charge is 0.586 e. The van der Waals surface area contributed by atoms with Gasteiger partial charge in [0.2, 0.25) is 0 Å². The van der Waals surface area contributed by atoms with E-state index in [0.29, 0.717) is 11.1 Å². The Morgan fingerprint density at radius 2 is 1.52 bits per heavy atom. The van der Waals surface area contributed by atoms with Gasteiger partial charge in [0.05, 0.1) is 17.2 Å². The highest BCUT2D eigenvalue weighted by molar-refractivity contribution is 6.30. The van der Waals surface area contributed by atoms with Crippen LogP contribution in [0.2, 0.25) is 5.02 Å². The summed E-state index contributed by atoms with van der Waals surface area (Å²) in [4.78, 5) is 0. The van der Waals surface area contributed by atoms with Crippen molar-refractivity contribution in [1.82, 2.24) is 0 Å². The number of nitriles is 2. The van der Waals surface area contributed by atoms with Crippen molar-refractivity contribution in [3.63, 3.8) is 0 Å². The van der Waals surface area contributed by atoms with Crippen LogP contribution in [0.4, 0.5) is 13.2 Å². The highest BCUT2D eigenvalue weighted by Gasteiger charge is 2.44. The van der Waals surface area contributed by atoms with Crippen LogP contribution in [0.15, 0.2) is 48.6 Å². The number of benzene rings is 2. The number of nitrogens with zero attached hydrogens (tertiary/aromatic N) is 2. The van der Waals surface area contributed by atoms with Gasteiger partial charge in [0, 0.05) is 23.3 Å². The third-order valence-electron chi connectivity index (χ3n) is 3.12. The molecule has 2 aromatic carbocycles. The van der Waals surface area contributed by atoms with Gasteiger partial charge in [-0.05, 0) is 24.3 Å². The fourth-order valence-electron chi connectivity index (χ4n) is 2.02. The second kappa shape index (κ2) is 8.79. The molecule has 0 spiro atoms. The normalized spacial score (nSPS) is 13.7. The van der Waals surface area contributed by atoms with E-state index in [0.717, 1.165) is 0 Å². The number of fused-ring (bicyclic) bond motifs is 1. The van der Waals surface area contributed by atoms with Crippen LogP contribution < -0.4 is 9.47 Å². The maximum absolute atomic E-state index is 13.0. The molecule has 0 saturated carbocycles. The quantitative estimate of drug-likeness (QED) is 0.629. The van der Waals surface area contributed by atoms with Crippen LogP contribution in [0.1, 0.15) is 11.1 Å². The summed E-state index contributed by atoms with van der Waals surface area (Å²) in [6.45, 7) is 0. The summed E-state index contributed by atoms with van der Waals surface area (Å²) < 4.78 is 47.0. The van der Waals surface area contributed by atoms with Crippen LogP contribution in [-0.4, -0.2) is 6.29 Å². The first-order chi connectivity index (χ1) is 12.9. The van der Waals surface area contributed by atoms with E-state index in [1.54, 1.807) is 36.4 Å². The van der Waals surface area contributed by atoms with E-state index in [9.17, 15) is 13.2 Å². The van der Waals surface area contributed by atoms with Crippen LogP contribution in [0.3, 0.4) is 0 Å². The van der Waals surface area contributed by atoms with E-state index in [-0.39, 0.29) is 16.5 Å². The molecule has 27 heavy (non-hydrogen) atoms. The predicted molar refractivity (Wildman–Crippen MR) is 93.3 cm³/mol. The number of halogens is 4. The predicted octanol–water partition coefficient (Wildman–Crippen LogP) is 5.56. The van der Waals surface area contributed by atoms with Gasteiger partial charge in [0.15, 0.2) is 11.5 Å². The molecule has 0 bridgehead atoms. The monoisotopic (exact) mass is 390 g/mol. The molecule has 0 aliphatic carbocycles. The number of hydrogen-bond donors (Lipinski definition) is 0. The number of allylic oxidation sites excluding steroid dienone is 2. The van der Waals surface area contributed by atoms with Crippen molar-refractivity contribution in [3.05, 3.63) is 70.5 Å². The van der Waals surface area contributed by atoms with Gasteiger partial charge in [0.25, 0.3) is 0 Å². The Balaban J connectivity index is 0.000000199. The lowest BCUT2D eigenvalue weighted by molar-refractivity contribution is -0.286. The molecule has 1 aliphatic rings. The minimum absolute atomic E-state index is 0.0277. The number of para-hydroxylation sites is 1. The Morgan fingerprint density at radius 1 is 0.926 bits per heavy atom. The number of rotatable bonds is 2. The van der Waals surface area contributed by atoms with Gasteiger partial charge in [-0.3, -0.25) is 0 Å². The lowest BCUT2D eigenvalue weighted by Crippen LogP contribution is -2.26. The van der Waals surface area contributed by atoms with Crippen molar-refractivity contribution in [2.75, 3.05) is 0 Å². The fraction of sp³-hybridized carbons (Fsp3) is 0.0526. The molecule has 4 nitrogen and oxygen atoms in total. The highest BCUT2D eigenvalue weighted by Crippen LogP contribution is 2.43. The van der Waals surface area contributed by atoms with Crippen LogP contribution in [0, 0.1) is 28.5 Å². The standard InChI is InChI=1S/C10H5F2NO2.C9H5ClFN/c11-10(12)14-8-5-1-3-7(4-2-6-13)9(8)15-10;10-8-5-1-3-7(9(8)11)4-2-6-12/h1-5H;1-5H/b2*4-2+. The third-order valence-corrected chi connectivity index (χ3v) is 3.41. The molecule has 1 heterocycles. The first-order valence-electron chi connectivity index (χ1n) is 7.33. The maximum atomic E-state index is 13.0. The van der Waals surface area contributed by atoms with Crippen molar-refractivity contribution in [3.8, 4) is 23.6 Å². The van der Waals surface area contributed by atoms with Gasteiger partial charge < -0.3 is 9.47 Å². The molecule has 136 valence electrons. The van der Waals surface area contributed by atoms with Crippen LogP contribution in [0.5, 0.6) is 11.5 Å². The molecule has 0 amide bonds. The van der Waals surface area contributed by atoms with Crippen LogP contribution in [0.25, 0.3) is 12.2 Å². The summed E-state index contributed by atoms with van der Waals surface area (Å²) in [7, 11) is 0. The molecule has 0 N–H and O–H groups in total. The van der Waals surface area contributed by atoms with Crippen molar-refractivity contribution in [1.29, 1.82) is 10.5 Å². The van der Waals surface area contributed by atoms with E-state index in [2.05, 4.69) is 9.47 Å². The molecule has 0 unspecified atom stereocenters. The summed E-state index contributed by atoms with van der Waals surface area (Å²) in [5, 5.41) is 16.6. The minimum Gasteiger partial charge on any atom is -0.395 e. The molecule has 0 radical (unpaired) electrons. The van der Waals surface area contributed by atoms with Crippen molar-refractivity contribution >= 4 is 23.8 Å². The fourth-order valence-corrected chi connectivity index (χ4v) is 2.21. The minimum atomic E-state index is -3.63. The Bertz CT molecular complexity index is 976. The second-order valence-corrected chi connectivity index (χ2v) is 5.32. The SMILES string of the molecule is N#C/C=C/c1cccc(Cl)c1F.N#C/C=C/c1cccc2c1OC(F)(F)O2. The summed E-state index contributed by atoms with van der Waals surface area (Å²) >= 11 is 5.50. The van der Waals surface area contributed by atoms with E-state index < -0.39 is 12.1 Å². The van der Waals surface area contributed by atoms with E-state index >= 15 is 0 Å². The summed E-state index contributed by atoms with van der Waals surface area (Å²) in [6.07, 6.45) is 1.51. The molecule has 0 aromatic heterocycles. The molecule has 1 aliphatic heterocycles. The molecule has 0 saturated heterocycles. The molecular weight excluding hydrogens is 381 g/mol. The molecule has 3 rings (SSSR count). The van der Waals surface area contributed by atoms with Gasteiger partial charge in [-0.2, -0.15) is 10.5 Å². The van der Waals surface area contributed by atoms with E-state index in [1.807, 2.05) is 0 Å². The Morgan fingerprint density at radius 3 is 2.19 bits per heavy atom. The van der Waals surface area contributed by atoms with Crippen molar-refractivity contribution < 1.29 is 22.6 Å². The first-order valence-corrected chi connectivity index (χ1v) is 7.71. The number of ether oxygens (including phenoxy) is 2. The number of alkyl halides is 2. The van der Waals surface area contributed by atoms with E-state index in [1.165, 1.54) is 36.4 Å². The zero-order valence-electron chi connectivity index (χ0n) is 13.5. The summed E-state index contributed by atoms with van der Waals surface area (Å²) in [5.74, 6) is -0.570. The van der Waals surface area contributed by atoms with Crippen LogP contribution in [-0.2, 0) is 0 Å². The molecule has 0 atom stereocenters. The van der Waals surface area contributed by atoms with Gasteiger partial charge >= 0.3 is 6.29 Å². The average Bonchev–Trinajstić information content (AvgIpc) is 2.96. The zero-order chi connectivity index (χ0) is 19.9. The highest BCUT2D eigenvalue weighted by atomic mass is 35.5. The molecular formula is C19H10ClF3N2O2. The first kappa shape index (κ1) is 19.9. The molecule has 2 aromatic rings. The second-order valence-electron chi connectivity index (χ2n) is 4.91. The third kappa shape index (κ3) is 5.27. The van der Waals surface area contributed by atoms with Crippen LogP contribution >= 0.6 is 11.6 Å². The molecule has 0 fully saturated rings. The summed E-state index contributed by atoms with van der Waals surface area (Å²) in [5.41, 5.74) is 0.704.